The standard InChI is InChI=1S/C33H24ClN3Si/c34-33-36-31(25-15-5-1-6-16-25)35-32(37-33)29-23-13-14-24-30(29)38(26-17-7-2-8-18-26,27-19-9-3-10-20-27)28-21-11-4-12-22-28/h1-24H. The third kappa shape index (κ3) is 4.34. The van der Waals surface area contributed by atoms with E-state index in [0.717, 1.165) is 11.1 Å². The lowest BCUT2D eigenvalue weighted by atomic mass is 10.2. The Labute approximate surface area is 228 Å². The van der Waals surface area contributed by atoms with E-state index in [4.69, 9.17) is 16.6 Å². The number of halogens is 1. The molecule has 0 saturated heterocycles. The second-order valence-corrected chi connectivity index (χ2v) is 13.1. The van der Waals surface area contributed by atoms with E-state index in [2.05, 4.69) is 119 Å². The largest absolute Gasteiger partial charge is 0.226 e. The fourth-order valence-corrected chi connectivity index (χ4v) is 10.3. The van der Waals surface area contributed by atoms with Crippen LogP contribution in [0.3, 0.4) is 0 Å². The highest BCUT2D eigenvalue weighted by Crippen LogP contribution is 2.23. The van der Waals surface area contributed by atoms with Gasteiger partial charge < -0.3 is 0 Å². The number of nitrogens with zero attached hydrogens (tertiary/aromatic N) is 3. The zero-order valence-electron chi connectivity index (χ0n) is 20.6. The second-order valence-electron chi connectivity index (χ2n) is 9.01. The van der Waals surface area contributed by atoms with Crippen molar-refractivity contribution in [1.29, 1.82) is 0 Å². The van der Waals surface area contributed by atoms with E-state index in [1.807, 2.05) is 36.4 Å². The van der Waals surface area contributed by atoms with Crippen molar-refractivity contribution < 1.29 is 0 Å². The Bertz CT molecular complexity index is 1560. The first-order chi connectivity index (χ1) is 18.8. The molecule has 5 aromatic carbocycles. The van der Waals surface area contributed by atoms with Gasteiger partial charge in [-0.25, -0.2) is 4.98 Å². The molecule has 0 aliphatic rings. The Morgan fingerprint density at radius 3 is 1.37 bits per heavy atom. The zero-order chi connectivity index (χ0) is 25.8. The van der Waals surface area contributed by atoms with Crippen LogP contribution < -0.4 is 20.7 Å². The molecule has 0 amide bonds. The molecule has 0 unspecified atom stereocenters. The lowest BCUT2D eigenvalue weighted by Crippen LogP contribution is -2.75. The minimum Gasteiger partial charge on any atom is -0.208 e. The summed E-state index contributed by atoms with van der Waals surface area (Å²) in [6, 6.07) is 50.8. The van der Waals surface area contributed by atoms with E-state index in [1.165, 1.54) is 20.7 Å². The highest BCUT2D eigenvalue weighted by Gasteiger charge is 2.43. The summed E-state index contributed by atoms with van der Waals surface area (Å²) in [5.41, 5.74) is 1.85. The topological polar surface area (TPSA) is 38.7 Å². The van der Waals surface area contributed by atoms with Gasteiger partial charge in [-0.05, 0) is 32.3 Å². The van der Waals surface area contributed by atoms with Crippen LogP contribution in [-0.4, -0.2) is 23.0 Å². The Balaban J connectivity index is 1.69. The van der Waals surface area contributed by atoms with Gasteiger partial charge in [-0.2, -0.15) is 9.97 Å². The fraction of sp³-hybridized carbons (Fsp3) is 0. The molecular formula is C33H24ClN3Si. The summed E-state index contributed by atoms with van der Waals surface area (Å²) in [6.45, 7) is 0. The van der Waals surface area contributed by atoms with E-state index in [1.54, 1.807) is 0 Å². The molecule has 6 rings (SSSR count). The first-order valence-electron chi connectivity index (χ1n) is 12.5. The third-order valence-corrected chi connectivity index (χ3v) is 11.8. The molecule has 38 heavy (non-hydrogen) atoms. The number of hydrogen-bond acceptors (Lipinski definition) is 3. The first-order valence-corrected chi connectivity index (χ1v) is 14.9. The lowest BCUT2D eigenvalue weighted by Gasteiger charge is -2.35. The maximum Gasteiger partial charge on any atom is 0.226 e. The summed E-state index contributed by atoms with van der Waals surface area (Å²) >= 11 is 6.52. The van der Waals surface area contributed by atoms with Crippen molar-refractivity contribution in [2.75, 3.05) is 0 Å². The van der Waals surface area contributed by atoms with E-state index in [9.17, 15) is 0 Å². The minimum absolute atomic E-state index is 0.176. The van der Waals surface area contributed by atoms with Crippen molar-refractivity contribution in [3.05, 3.63) is 151 Å². The van der Waals surface area contributed by atoms with Gasteiger partial charge in [-0.15, -0.1) is 0 Å². The van der Waals surface area contributed by atoms with Crippen LogP contribution in [0.4, 0.5) is 0 Å². The average Bonchev–Trinajstić information content (AvgIpc) is 3.00. The van der Waals surface area contributed by atoms with Crippen molar-refractivity contribution in [1.82, 2.24) is 15.0 Å². The smallest absolute Gasteiger partial charge is 0.208 e. The summed E-state index contributed by atoms with van der Waals surface area (Å²) < 4.78 is 0. The Morgan fingerprint density at radius 2 is 0.842 bits per heavy atom. The van der Waals surface area contributed by atoms with Gasteiger partial charge in [0.1, 0.15) is 0 Å². The first kappa shape index (κ1) is 24.0. The third-order valence-electron chi connectivity index (χ3n) is 6.83. The van der Waals surface area contributed by atoms with Gasteiger partial charge in [0.15, 0.2) is 19.7 Å². The molecule has 0 N–H and O–H groups in total. The Morgan fingerprint density at radius 1 is 0.421 bits per heavy atom. The van der Waals surface area contributed by atoms with Crippen LogP contribution >= 0.6 is 11.6 Å². The molecule has 0 spiro atoms. The second kappa shape index (κ2) is 10.5. The van der Waals surface area contributed by atoms with Gasteiger partial charge in [0, 0.05) is 11.1 Å². The SMILES string of the molecule is Clc1nc(-c2ccccc2)nc(-c2ccccc2[Si](c2ccccc2)(c2ccccc2)c2ccccc2)n1. The summed E-state index contributed by atoms with van der Waals surface area (Å²) in [6.07, 6.45) is 0. The highest BCUT2D eigenvalue weighted by molar-refractivity contribution is 7.20. The molecule has 0 aliphatic carbocycles. The van der Waals surface area contributed by atoms with E-state index >= 15 is 0 Å². The molecular weight excluding hydrogens is 502 g/mol. The summed E-state index contributed by atoms with van der Waals surface area (Å²) in [7, 11) is -2.78. The molecule has 0 bridgehead atoms. The predicted molar refractivity (Wildman–Crippen MR) is 159 cm³/mol. The molecule has 0 fully saturated rings. The van der Waals surface area contributed by atoms with Gasteiger partial charge in [0.05, 0.1) is 0 Å². The fourth-order valence-electron chi connectivity index (χ4n) is 5.22. The van der Waals surface area contributed by atoms with E-state index in [-0.39, 0.29) is 5.28 Å². The molecule has 0 saturated carbocycles. The molecule has 6 aromatic rings. The van der Waals surface area contributed by atoms with Crippen LogP contribution in [0, 0.1) is 0 Å². The number of rotatable bonds is 6. The normalized spacial score (nSPS) is 11.3. The van der Waals surface area contributed by atoms with Crippen LogP contribution in [0.2, 0.25) is 5.28 Å². The Kier molecular flexibility index (Phi) is 6.65. The van der Waals surface area contributed by atoms with Crippen LogP contribution in [0.1, 0.15) is 0 Å². The van der Waals surface area contributed by atoms with Crippen molar-refractivity contribution >= 4 is 40.4 Å². The maximum absolute atomic E-state index is 6.52. The molecule has 5 heteroatoms. The quantitative estimate of drug-likeness (QED) is 0.220. The van der Waals surface area contributed by atoms with Crippen molar-refractivity contribution in [3.8, 4) is 22.8 Å². The zero-order valence-corrected chi connectivity index (χ0v) is 22.3. The van der Waals surface area contributed by atoms with Crippen molar-refractivity contribution in [3.63, 3.8) is 0 Å². The van der Waals surface area contributed by atoms with Crippen molar-refractivity contribution in [2.45, 2.75) is 0 Å². The van der Waals surface area contributed by atoms with Crippen LogP contribution in [-0.2, 0) is 0 Å². The minimum atomic E-state index is -2.78. The average molecular weight is 526 g/mol. The van der Waals surface area contributed by atoms with Gasteiger partial charge in [-0.3, -0.25) is 0 Å². The molecule has 0 aliphatic heterocycles. The van der Waals surface area contributed by atoms with Gasteiger partial charge in [0.2, 0.25) is 5.28 Å². The predicted octanol–water partition coefficient (Wildman–Crippen LogP) is 5.24. The number of hydrogen-bond donors (Lipinski definition) is 0. The maximum atomic E-state index is 6.52. The number of benzene rings is 5. The summed E-state index contributed by atoms with van der Waals surface area (Å²) in [5.74, 6) is 1.13. The van der Waals surface area contributed by atoms with Crippen LogP contribution in [0.25, 0.3) is 22.8 Å². The number of aromatic nitrogens is 3. The molecule has 1 aromatic heterocycles. The molecule has 3 nitrogen and oxygen atoms in total. The summed E-state index contributed by atoms with van der Waals surface area (Å²) in [4.78, 5) is 14.0. The van der Waals surface area contributed by atoms with E-state index < -0.39 is 8.07 Å². The van der Waals surface area contributed by atoms with Crippen LogP contribution in [0.5, 0.6) is 0 Å². The Hall–Kier alpha value is -4.38. The lowest BCUT2D eigenvalue weighted by molar-refractivity contribution is 1.07. The molecule has 182 valence electrons. The molecule has 0 atom stereocenters. The van der Waals surface area contributed by atoms with Gasteiger partial charge in [-0.1, -0.05) is 146 Å². The monoisotopic (exact) mass is 525 g/mol. The molecule has 0 radical (unpaired) electrons. The summed E-state index contributed by atoms with van der Waals surface area (Å²) in [5, 5.41) is 5.23. The molecule has 1 heterocycles. The van der Waals surface area contributed by atoms with Crippen LogP contribution in [0.15, 0.2) is 146 Å². The van der Waals surface area contributed by atoms with Gasteiger partial charge >= 0.3 is 0 Å². The highest BCUT2D eigenvalue weighted by atomic mass is 35.5. The van der Waals surface area contributed by atoms with Crippen molar-refractivity contribution in [2.24, 2.45) is 0 Å². The van der Waals surface area contributed by atoms with E-state index in [0.29, 0.717) is 11.6 Å². The van der Waals surface area contributed by atoms with Gasteiger partial charge in [0.25, 0.3) is 0 Å².